The van der Waals surface area contributed by atoms with Crippen LogP contribution in [0.5, 0.6) is 0 Å². The molecule has 32 heavy (non-hydrogen) atoms. The summed E-state index contributed by atoms with van der Waals surface area (Å²) in [7, 11) is 0. The van der Waals surface area contributed by atoms with Gasteiger partial charge in [-0.2, -0.15) is 0 Å². The van der Waals surface area contributed by atoms with Gasteiger partial charge in [-0.25, -0.2) is 0 Å². The van der Waals surface area contributed by atoms with Gasteiger partial charge in [0.1, 0.15) is 6.61 Å². The summed E-state index contributed by atoms with van der Waals surface area (Å²) >= 11 is 7.41. The number of aliphatic hydroxyl groups is 2. The van der Waals surface area contributed by atoms with E-state index in [0.29, 0.717) is 19.3 Å². The van der Waals surface area contributed by atoms with Gasteiger partial charge in [-0.05, 0) is 49.7 Å². The molecule has 4 aliphatic carbocycles. The number of esters is 1. The van der Waals surface area contributed by atoms with E-state index in [2.05, 4.69) is 0 Å². The largest absolute Gasteiger partial charge is 0.450 e. The Morgan fingerprint density at radius 3 is 2.59 bits per heavy atom. The van der Waals surface area contributed by atoms with Crippen LogP contribution in [-0.2, 0) is 19.1 Å². The van der Waals surface area contributed by atoms with E-state index in [4.69, 9.17) is 16.3 Å². The van der Waals surface area contributed by atoms with Crippen LogP contribution in [0.2, 0.25) is 0 Å². The second-order valence-electron chi connectivity index (χ2n) is 10.5. The van der Waals surface area contributed by atoms with Crippen molar-refractivity contribution in [2.75, 3.05) is 6.61 Å². The van der Waals surface area contributed by atoms with Crippen LogP contribution < -0.4 is 0 Å². The van der Waals surface area contributed by atoms with Crippen LogP contribution in [-0.4, -0.2) is 50.9 Å². The number of Topliss-reactive ketones (excluding diaryl/α,β-unsaturated/α-hetero) is 1. The van der Waals surface area contributed by atoms with Gasteiger partial charge in [0.15, 0.2) is 11.4 Å². The number of fused-ring (bicyclic) bond motifs is 5. The number of carbonyl (C=O) groups excluding carboxylic acids is 3. The molecule has 3 fully saturated rings. The van der Waals surface area contributed by atoms with E-state index in [0.717, 1.165) is 5.57 Å². The molecule has 8 atom stereocenters. The SMILES string of the molecule is CCC(=O)O[C@@]1(C(=O)CO)[C@H](C)C[C@@H]2[C@H]3CCC4=CC(=O)C=C[C@@]4(C)[C@]3(Cl)[C@H](O)C[C@]21C. The second kappa shape index (κ2) is 7.51. The van der Waals surface area contributed by atoms with Gasteiger partial charge >= 0.3 is 5.97 Å². The lowest BCUT2D eigenvalue weighted by Crippen LogP contribution is -2.69. The first kappa shape index (κ1) is 23.7. The maximum atomic E-state index is 13.2. The van der Waals surface area contributed by atoms with Crippen LogP contribution in [0.4, 0.5) is 0 Å². The first-order valence-electron chi connectivity index (χ1n) is 11.6. The molecule has 0 unspecified atom stereocenters. The molecule has 4 aliphatic rings. The molecule has 4 rings (SSSR count). The van der Waals surface area contributed by atoms with Crippen molar-refractivity contribution in [2.24, 2.45) is 28.6 Å². The minimum atomic E-state index is -1.51. The van der Waals surface area contributed by atoms with E-state index >= 15 is 0 Å². The Morgan fingerprint density at radius 1 is 1.28 bits per heavy atom. The highest BCUT2D eigenvalue weighted by atomic mass is 35.5. The fraction of sp³-hybridized carbons (Fsp3) is 0.720. The van der Waals surface area contributed by atoms with Gasteiger partial charge in [-0.3, -0.25) is 14.4 Å². The van der Waals surface area contributed by atoms with Gasteiger partial charge in [0, 0.05) is 23.2 Å². The third-order valence-corrected chi connectivity index (χ3v) is 10.2. The fourth-order valence-electron chi connectivity index (χ4n) is 7.77. The second-order valence-corrected chi connectivity index (χ2v) is 11.2. The summed E-state index contributed by atoms with van der Waals surface area (Å²) in [5.41, 5.74) is -2.14. The zero-order valence-electron chi connectivity index (χ0n) is 19.2. The Labute approximate surface area is 194 Å². The summed E-state index contributed by atoms with van der Waals surface area (Å²) in [4.78, 5) is 36.7. The molecule has 0 aromatic carbocycles. The van der Waals surface area contributed by atoms with Crippen LogP contribution in [0.15, 0.2) is 23.8 Å². The van der Waals surface area contributed by atoms with Gasteiger partial charge in [-0.1, -0.05) is 39.3 Å². The molecule has 0 saturated heterocycles. The topological polar surface area (TPSA) is 101 Å². The smallest absolute Gasteiger partial charge is 0.306 e. The quantitative estimate of drug-likeness (QED) is 0.489. The molecular formula is C25H33ClO6. The van der Waals surface area contributed by atoms with Gasteiger partial charge in [0.25, 0.3) is 0 Å². The Morgan fingerprint density at radius 2 is 1.97 bits per heavy atom. The van der Waals surface area contributed by atoms with Crippen molar-refractivity contribution in [3.63, 3.8) is 0 Å². The van der Waals surface area contributed by atoms with E-state index in [1.54, 1.807) is 13.0 Å². The van der Waals surface area contributed by atoms with Gasteiger partial charge < -0.3 is 14.9 Å². The van der Waals surface area contributed by atoms with Crippen LogP contribution in [0.3, 0.4) is 0 Å². The maximum absolute atomic E-state index is 13.2. The molecule has 3 saturated carbocycles. The van der Waals surface area contributed by atoms with E-state index in [-0.39, 0.29) is 36.4 Å². The summed E-state index contributed by atoms with van der Waals surface area (Å²) in [6.07, 6.45) is 6.21. The number of aliphatic hydroxyl groups excluding tert-OH is 2. The lowest BCUT2D eigenvalue weighted by molar-refractivity contribution is -0.202. The Kier molecular flexibility index (Phi) is 5.55. The standard InChI is InChI=1S/C25H33ClO6/c1-5-21(31)32-25(20(30)13-27)14(2)10-18-17-7-6-15-11-16(28)8-9-22(15,3)24(17,26)19(29)12-23(18,25)4/h8-9,11,14,17-19,27,29H,5-7,10,12-13H2,1-4H3/t14-,17-,18-,19-,22-,23-,24-,25-/m1/s1. The molecule has 0 heterocycles. The number of halogens is 1. The molecular weight excluding hydrogens is 432 g/mol. The monoisotopic (exact) mass is 464 g/mol. The van der Waals surface area contributed by atoms with Gasteiger partial charge in [0.05, 0.1) is 11.0 Å². The molecule has 0 aromatic heterocycles. The lowest BCUT2D eigenvalue weighted by atomic mass is 9.45. The van der Waals surface area contributed by atoms with Crippen LogP contribution in [0.25, 0.3) is 0 Å². The van der Waals surface area contributed by atoms with E-state index in [9.17, 15) is 24.6 Å². The number of alkyl halides is 1. The molecule has 2 N–H and O–H groups in total. The first-order valence-corrected chi connectivity index (χ1v) is 12.0. The number of hydrogen-bond acceptors (Lipinski definition) is 6. The van der Waals surface area contributed by atoms with Crippen LogP contribution in [0.1, 0.15) is 59.8 Å². The Bertz CT molecular complexity index is 925. The first-order chi connectivity index (χ1) is 14.9. The summed E-state index contributed by atoms with van der Waals surface area (Å²) in [5, 5.41) is 21.5. The minimum Gasteiger partial charge on any atom is -0.450 e. The van der Waals surface area contributed by atoms with Crippen molar-refractivity contribution in [1.29, 1.82) is 0 Å². The molecule has 176 valence electrons. The maximum Gasteiger partial charge on any atom is 0.306 e. The fourth-order valence-corrected chi connectivity index (χ4v) is 8.29. The summed E-state index contributed by atoms with van der Waals surface area (Å²) in [6.45, 7) is 6.72. The number of ether oxygens (including phenoxy) is 1. The lowest BCUT2D eigenvalue weighted by Gasteiger charge is -2.64. The summed E-state index contributed by atoms with van der Waals surface area (Å²) in [5.74, 6) is -1.66. The number of rotatable bonds is 4. The zero-order valence-corrected chi connectivity index (χ0v) is 19.9. The van der Waals surface area contributed by atoms with Crippen molar-refractivity contribution >= 4 is 29.1 Å². The summed E-state index contributed by atoms with van der Waals surface area (Å²) < 4.78 is 5.92. The van der Waals surface area contributed by atoms with Crippen molar-refractivity contribution in [3.05, 3.63) is 23.8 Å². The molecule has 0 spiro atoms. The highest BCUT2D eigenvalue weighted by Gasteiger charge is 2.76. The molecule has 6 nitrogen and oxygen atoms in total. The summed E-state index contributed by atoms with van der Waals surface area (Å²) in [6, 6.07) is 0. The van der Waals surface area contributed by atoms with Crippen LogP contribution >= 0.6 is 11.6 Å². The highest BCUT2D eigenvalue weighted by Crippen LogP contribution is 2.72. The highest BCUT2D eigenvalue weighted by molar-refractivity contribution is 6.26. The number of allylic oxidation sites excluding steroid dienone is 4. The van der Waals surface area contributed by atoms with Crippen molar-refractivity contribution < 1.29 is 29.3 Å². The Balaban J connectivity index is 1.85. The van der Waals surface area contributed by atoms with Crippen molar-refractivity contribution in [3.8, 4) is 0 Å². The molecule has 0 radical (unpaired) electrons. The van der Waals surface area contributed by atoms with E-state index < -0.39 is 45.8 Å². The third kappa shape index (κ3) is 2.69. The average Bonchev–Trinajstić information content (AvgIpc) is 2.96. The molecule has 0 amide bonds. The van der Waals surface area contributed by atoms with Crippen molar-refractivity contribution in [2.45, 2.75) is 76.4 Å². The predicted octanol–water partition coefficient (Wildman–Crippen LogP) is 3.13. The molecule has 0 aromatic rings. The third-order valence-electron chi connectivity index (χ3n) is 9.30. The number of hydrogen-bond donors (Lipinski definition) is 2. The minimum absolute atomic E-state index is 0.0696. The van der Waals surface area contributed by atoms with E-state index in [1.807, 2.05) is 26.8 Å². The molecule has 0 bridgehead atoms. The van der Waals surface area contributed by atoms with Gasteiger partial charge in [-0.15, -0.1) is 11.6 Å². The number of carbonyl (C=O) groups is 3. The molecule has 0 aliphatic heterocycles. The van der Waals surface area contributed by atoms with Gasteiger partial charge in [0.2, 0.25) is 5.78 Å². The predicted molar refractivity (Wildman–Crippen MR) is 119 cm³/mol. The van der Waals surface area contributed by atoms with E-state index in [1.165, 1.54) is 6.08 Å². The normalized spacial score (nSPS) is 47.2. The zero-order chi connectivity index (χ0) is 23.7. The Hall–Kier alpha value is -1.50. The van der Waals surface area contributed by atoms with Crippen LogP contribution in [0, 0.1) is 28.6 Å². The number of ketones is 2. The molecule has 7 heteroatoms. The van der Waals surface area contributed by atoms with Crippen molar-refractivity contribution in [1.82, 2.24) is 0 Å². The average molecular weight is 465 g/mol.